The van der Waals surface area contributed by atoms with Crippen molar-refractivity contribution in [1.29, 1.82) is 0 Å². The van der Waals surface area contributed by atoms with Crippen molar-refractivity contribution >= 4 is 37.4 Å². The lowest BCUT2D eigenvalue weighted by atomic mass is 10.3. The lowest BCUT2D eigenvalue weighted by molar-refractivity contribution is 0.417. The molecule has 0 aliphatic heterocycles. The molecule has 0 aliphatic carbocycles. The van der Waals surface area contributed by atoms with Crippen molar-refractivity contribution in [2.75, 3.05) is 7.11 Å². The van der Waals surface area contributed by atoms with Gasteiger partial charge in [-0.25, -0.2) is 4.52 Å². The van der Waals surface area contributed by atoms with E-state index in [1.54, 1.807) is 11.6 Å². The van der Waals surface area contributed by atoms with Crippen molar-refractivity contribution < 1.29 is 4.74 Å². The Kier molecular flexibility index (Phi) is 2.78. The zero-order valence-electron chi connectivity index (χ0n) is 7.50. The number of fused-ring (bicyclic) bond motifs is 1. The summed E-state index contributed by atoms with van der Waals surface area (Å²) in [5, 5.41) is 5.01. The number of alkyl halides is 1. The Labute approximate surface area is 98.3 Å². The normalized spacial score (nSPS) is 10.8. The van der Waals surface area contributed by atoms with E-state index in [1.165, 1.54) is 0 Å². The summed E-state index contributed by atoms with van der Waals surface area (Å²) in [5.74, 6) is 0.825. The molecule has 0 radical (unpaired) electrons. The molecular formula is C9H8Br2N2O. The van der Waals surface area contributed by atoms with Crippen molar-refractivity contribution in [3.8, 4) is 5.75 Å². The van der Waals surface area contributed by atoms with Crippen LogP contribution in [0.1, 0.15) is 5.56 Å². The summed E-state index contributed by atoms with van der Waals surface area (Å²) in [5.41, 5.74) is 2.13. The van der Waals surface area contributed by atoms with E-state index in [0.29, 0.717) is 0 Å². The van der Waals surface area contributed by atoms with Gasteiger partial charge >= 0.3 is 0 Å². The summed E-state index contributed by atoms with van der Waals surface area (Å²) in [6.45, 7) is 0. The molecule has 0 unspecified atom stereocenters. The smallest absolute Gasteiger partial charge is 0.146 e. The first-order valence-electron chi connectivity index (χ1n) is 4.02. The fourth-order valence-electron chi connectivity index (χ4n) is 1.37. The number of hydrogen-bond acceptors (Lipinski definition) is 2. The molecule has 2 heterocycles. The summed E-state index contributed by atoms with van der Waals surface area (Å²) in [6.07, 6.45) is 3.74. The molecule has 0 amide bonds. The third-order valence-electron chi connectivity index (χ3n) is 1.98. The lowest BCUT2D eigenvalue weighted by Crippen LogP contribution is -1.92. The second-order valence-corrected chi connectivity index (χ2v) is 4.30. The fraction of sp³-hybridized carbons (Fsp3) is 0.222. The van der Waals surface area contributed by atoms with Gasteiger partial charge in [-0.05, 0) is 22.0 Å². The van der Waals surface area contributed by atoms with Crippen LogP contribution in [-0.2, 0) is 5.33 Å². The first kappa shape index (κ1) is 9.98. The molecule has 0 aromatic carbocycles. The fourth-order valence-corrected chi connectivity index (χ4v) is 2.18. The van der Waals surface area contributed by atoms with Gasteiger partial charge in [0.05, 0.1) is 13.3 Å². The Morgan fingerprint density at radius 2 is 2.36 bits per heavy atom. The van der Waals surface area contributed by atoms with Gasteiger partial charge < -0.3 is 4.74 Å². The van der Waals surface area contributed by atoms with Gasteiger partial charge in [0, 0.05) is 21.6 Å². The number of halogens is 2. The molecule has 74 valence electrons. The van der Waals surface area contributed by atoms with E-state index in [-0.39, 0.29) is 0 Å². The van der Waals surface area contributed by atoms with Gasteiger partial charge in [-0.3, -0.25) is 0 Å². The summed E-state index contributed by atoms with van der Waals surface area (Å²) >= 11 is 6.82. The molecule has 0 fully saturated rings. The van der Waals surface area contributed by atoms with Crippen LogP contribution in [0.5, 0.6) is 5.75 Å². The topological polar surface area (TPSA) is 26.5 Å². The highest BCUT2D eigenvalue weighted by Crippen LogP contribution is 2.27. The number of aromatic nitrogens is 2. The van der Waals surface area contributed by atoms with Crippen LogP contribution >= 0.6 is 31.9 Å². The number of methoxy groups -OCH3 is 1. The number of pyridine rings is 1. The molecule has 0 N–H and O–H groups in total. The number of ether oxygens (including phenoxy) is 1. The van der Waals surface area contributed by atoms with E-state index in [2.05, 4.69) is 37.0 Å². The number of nitrogens with zero attached hydrogens (tertiary/aromatic N) is 2. The van der Waals surface area contributed by atoms with Gasteiger partial charge in [-0.1, -0.05) is 15.9 Å². The van der Waals surface area contributed by atoms with E-state index in [9.17, 15) is 0 Å². The molecule has 3 nitrogen and oxygen atoms in total. The minimum atomic E-state index is 0.772. The van der Waals surface area contributed by atoms with Crippen LogP contribution in [0.25, 0.3) is 5.52 Å². The van der Waals surface area contributed by atoms with E-state index in [1.807, 2.05) is 18.5 Å². The van der Waals surface area contributed by atoms with Crippen LogP contribution in [0.3, 0.4) is 0 Å². The SMILES string of the molecule is COc1cc(Br)cn2ncc(CBr)c12. The van der Waals surface area contributed by atoms with Crippen LogP contribution in [0.15, 0.2) is 22.9 Å². The quantitative estimate of drug-likeness (QED) is 0.795. The molecule has 0 saturated carbocycles. The number of hydrogen-bond donors (Lipinski definition) is 0. The minimum Gasteiger partial charge on any atom is -0.494 e. The molecule has 0 aliphatic rings. The van der Waals surface area contributed by atoms with E-state index in [0.717, 1.165) is 26.6 Å². The maximum atomic E-state index is 5.30. The van der Waals surface area contributed by atoms with E-state index in [4.69, 9.17) is 4.74 Å². The Bertz CT molecular complexity index is 467. The lowest BCUT2D eigenvalue weighted by Gasteiger charge is -2.04. The molecule has 2 aromatic heterocycles. The Balaban J connectivity index is 2.78. The molecule has 14 heavy (non-hydrogen) atoms. The third kappa shape index (κ3) is 1.54. The Morgan fingerprint density at radius 3 is 3.00 bits per heavy atom. The summed E-state index contributed by atoms with van der Waals surface area (Å²) in [6, 6.07) is 1.93. The summed E-state index contributed by atoms with van der Waals surface area (Å²) in [7, 11) is 1.66. The molecule has 0 bridgehead atoms. The van der Waals surface area contributed by atoms with Gasteiger partial charge in [0.25, 0.3) is 0 Å². The average molecular weight is 320 g/mol. The molecule has 0 atom stereocenters. The number of rotatable bonds is 2. The van der Waals surface area contributed by atoms with Crippen LogP contribution < -0.4 is 4.74 Å². The second-order valence-electron chi connectivity index (χ2n) is 2.82. The van der Waals surface area contributed by atoms with E-state index >= 15 is 0 Å². The van der Waals surface area contributed by atoms with Crippen LogP contribution in [0, 0.1) is 0 Å². The maximum Gasteiger partial charge on any atom is 0.146 e. The van der Waals surface area contributed by atoms with Gasteiger partial charge in [0.1, 0.15) is 11.3 Å². The van der Waals surface area contributed by atoms with Crippen LogP contribution in [-0.4, -0.2) is 16.7 Å². The van der Waals surface area contributed by atoms with Crippen molar-refractivity contribution in [3.05, 3.63) is 28.5 Å². The minimum absolute atomic E-state index is 0.772. The van der Waals surface area contributed by atoms with Crippen molar-refractivity contribution in [2.45, 2.75) is 5.33 Å². The Hall–Kier alpha value is -0.550. The van der Waals surface area contributed by atoms with Gasteiger partial charge in [-0.2, -0.15) is 5.10 Å². The van der Waals surface area contributed by atoms with Crippen molar-refractivity contribution in [3.63, 3.8) is 0 Å². The monoisotopic (exact) mass is 318 g/mol. The summed E-state index contributed by atoms with van der Waals surface area (Å²) in [4.78, 5) is 0. The van der Waals surface area contributed by atoms with Crippen LogP contribution in [0.2, 0.25) is 0 Å². The van der Waals surface area contributed by atoms with Crippen molar-refractivity contribution in [2.24, 2.45) is 0 Å². The molecular weight excluding hydrogens is 312 g/mol. The predicted octanol–water partition coefficient (Wildman–Crippen LogP) is 3.00. The highest BCUT2D eigenvalue weighted by atomic mass is 79.9. The standard InChI is InChI=1S/C9H8Br2N2O/c1-14-8-2-7(11)5-13-9(8)6(3-10)4-12-13/h2,4-5H,3H2,1H3. The average Bonchev–Trinajstić information content (AvgIpc) is 2.59. The molecule has 0 saturated heterocycles. The maximum absolute atomic E-state index is 5.30. The third-order valence-corrected chi connectivity index (χ3v) is 3.02. The zero-order chi connectivity index (χ0) is 10.1. The first-order valence-corrected chi connectivity index (χ1v) is 5.93. The Morgan fingerprint density at radius 1 is 1.57 bits per heavy atom. The van der Waals surface area contributed by atoms with Crippen LogP contribution in [0.4, 0.5) is 0 Å². The van der Waals surface area contributed by atoms with Gasteiger partial charge in [0.2, 0.25) is 0 Å². The molecule has 2 rings (SSSR count). The predicted molar refractivity (Wildman–Crippen MR) is 62.1 cm³/mol. The van der Waals surface area contributed by atoms with Gasteiger partial charge in [-0.15, -0.1) is 0 Å². The van der Waals surface area contributed by atoms with E-state index < -0.39 is 0 Å². The molecule has 2 aromatic rings. The zero-order valence-corrected chi connectivity index (χ0v) is 10.7. The highest BCUT2D eigenvalue weighted by molar-refractivity contribution is 9.10. The second kappa shape index (κ2) is 3.90. The molecule has 5 heteroatoms. The van der Waals surface area contributed by atoms with Crippen molar-refractivity contribution in [1.82, 2.24) is 9.61 Å². The molecule has 0 spiro atoms. The summed E-state index contributed by atoms with van der Waals surface area (Å²) < 4.78 is 8.05. The largest absolute Gasteiger partial charge is 0.494 e. The first-order chi connectivity index (χ1) is 6.76. The highest BCUT2D eigenvalue weighted by Gasteiger charge is 2.09. The van der Waals surface area contributed by atoms with Gasteiger partial charge in [0.15, 0.2) is 0 Å².